The molecule has 0 atom stereocenters. The summed E-state index contributed by atoms with van der Waals surface area (Å²) in [6, 6.07) is 3.70. The standard InChI is InChI=1S/C15H19N7O2/c1-20(2)15(24)21-8-12(9-21)22-10-13(18-19-22)14(23)17-7-11-3-5-16-6-4-11/h3-6,10,12H,7-9H2,1-2H3,(H,17,23). The first-order valence-corrected chi connectivity index (χ1v) is 7.60. The molecule has 126 valence electrons. The van der Waals surface area contributed by atoms with Crippen molar-refractivity contribution >= 4 is 11.9 Å². The van der Waals surface area contributed by atoms with Crippen LogP contribution in [0.2, 0.25) is 0 Å². The maximum Gasteiger partial charge on any atom is 0.319 e. The lowest BCUT2D eigenvalue weighted by atomic mass is 10.1. The van der Waals surface area contributed by atoms with Crippen LogP contribution in [0.4, 0.5) is 4.79 Å². The van der Waals surface area contributed by atoms with Crippen molar-refractivity contribution in [2.24, 2.45) is 0 Å². The van der Waals surface area contributed by atoms with Crippen molar-refractivity contribution in [2.45, 2.75) is 12.6 Å². The number of urea groups is 1. The van der Waals surface area contributed by atoms with Crippen LogP contribution in [0.1, 0.15) is 22.1 Å². The molecule has 0 spiro atoms. The second-order valence-corrected chi connectivity index (χ2v) is 5.86. The highest BCUT2D eigenvalue weighted by Gasteiger charge is 2.33. The molecule has 0 unspecified atom stereocenters. The van der Waals surface area contributed by atoms with E-state index in [0.29, 0.717) is 19.6 Å². The van der Waals surface area contributed by atoms with Gasteiger partial charge in [-0.25, -0.2) is 9.48 Å². The van der Waals surface area contributed by atoms with Crippen molar-refractivity contribution in [2.75, 3.05) is 27.2 Å². The van der Waals surface area contributed by atoms with E-state index in [1.807, 2.05) is 12.1 Å². The van der Waals surface area contributed by atoms with Crippen molar-refractivity contribution in [1.29, 1.82) is 0 Å². The Morgan fingerprint density at radius 2 is 2.00 bits per heavy atom. The van der Waals surface area contributed by atoms with Gasteiger partial charge in [-0.1, -0.05) is 5.21 Å². The highest BCUT2D eigenvalue weighted by atomic mass is 16.2. The first kappa shape index (κ1) is 15.9. The average molecular weight is 329 g/mol. The van der Waals surface area contributed by atoms with Crippen LogP contribution in [0.15, 0.2) is 30.7 Å². The van der Waals surface area contributed by atoms with Gasteiger partial charge in [-0.3, -0.25) is 9.78 Å². The zero-order valence-electron chi connectivity index (χ0n) is 13.6. The molecule has 3 amide bonds. The fourth-order valence-corrected chi connectivity index (χ4v) is 2.39. The molecular weight excluding hydrogens is 310 g/mol. The van der Waals surface area contributed by atoms with Crippen LogP contribution < -0.4 is 5.32 Å². The first-order chi connectivity index (χ1) is 11.5. The molecule has 1 aliphatic heterocycles. The largest absolute Gasteiger partial charge is 0.347 e. The van der Waals surface area contributed by atoms with Gasteiger partial charge in [0.1, 0.15) is 0 Å². The number of pyridine rings is 1. The normalized spacial score (nSPS) is 14.2. The van der Waals surface area contributed by atoms with Crippen LogP contribution in [0.3, 0.4) is 0 Å². The lowest BCUT2D eigenvalue weighted by Crippen LogP contribution is -2.54. The van der Waals surface area contributed by atoms with Crippen LogP contribution in [-0.4, -0.2) is 68.9 Å². The summed E-state index contributed by atoms with van der Waals surface area (Å²) < 4.78 is 1.64. The minimum atomic E-state index is -0.279. The average Bonchev–Trinajstić information content (AvgIpc) is 3.01. The molecule has 3 rings (SSSR count). The lowest BCUT2D eigenvalue weighted by Gasteiger charge is -2.40. The minimum Gasteiger partial charge on any atom is -0.347 e. The second-order valence-electron chi connectivity index (χ2n) is 5.86. The zero-order chi connectivity index (χ0) is 17.1. The topological polar surface area (TPSA) is 96.2 Å². The van der Waals surface area contributed by atoms with E-state index in [1.54, 1.807) is 42.3 Å². The number of amides is 3. The minimum absolute atomic E-state index is 0.0262. The van der Waals surface area contributed by atoms with Crippen LogP contribution in [-0.2, 0) is 6.54 Å². The molecule has 24 heavy (non-hydrogen) atoms. The molecule has 3 heterocycles. The summed E-state index contributed by atoms with van der Waals surface area (Å²) in [5, 5.41) is 10.7. The summed E-state index contributed by atoms with van der Waals surface area (Å²) in [7, 11) is 3.44. The number of hydrogen-bond acceptors (Lipinski definition) is 5. The Morgan fingerprint density at radius 3 is 2.67 bits per heavy atom. The number of hydrogen-bond donors (Lipinski definition) is 1. The van der Waals surface area contributed by atoms with Crippen LogP contribution >= 0.6 is 0 Å². The first-order valence-electron chi connectivity index (χ1n) is 7.60. The molecule has 0 aromatic carbocycles. The van der Waals surface area contributed by atoms with Crippen molar-refractivity contribution < 1.29 is 9.59 Å². The maximum atomic E-state index is 12.1. The molecule has 0 bridgehead atoms. The van der Waals surface area contributed by atoms with Gasteiger partial charge in [-0.2, -0.15) is 0 Å². The summed E-state index contributed by atoms with van der Waals surface area (Å²) >= 11 is 0. The van der Waals surface area contributed by atoms with Crippen LogP contribution in [0.25, 0.3) is 0 Å². The number of nitrogens with one attached hydrogen (secondary N) is 1. The van der Waals surface area contributed by atoms with E-state index >= 15 is 0 Å². The smallest absolute Gasteiger partial charge is 0.319 e. The van der Waals surface area contributed by atoms with E-state index in [2.05, 4.69) is 20.6 Å². The predicted molar refractivity (Wildman–Crippen MR) is 85.1 cm³/mol. The third kappa shape index (κ3) is 3.34. The molecule has 0 radical (unpaired) electrons. The number of nitrogens with zero attached hydrogens (tertiary/aromatic N) is 6. The molecule has 1 aliphatic rings. The quantitative estimate of drug-likeness (QED) is 0.861. The Morgan fingerprint density at radius 1 is 1.29 bits per heavy atom. The van der Waals surface area contributed by atoms with Gasteiger partial charge >= 0.3 is 6.03 Å². The van der Waals surface area contributed by atoms with Gasteiger partial charge in [0.2, 0.25) is 0 Å². The number of likely N-dealkylation sites (tertiary alicyclic amines) is 1. The Kier molecular flexibility index (Phi) is 4.41. The van der Waals surface area contributed by atoms with Crippen LogP contribution in [0, 0.1) is 0 Å². The molecule has 2 aromatic heterocycles. The van der Waals surface area contributed by atoms with Crippen LogP contribution in [0.5, 0.6) is 0 Å². The van der Waals surface area contributed by atoms with Gasteiger partial charge < -0.3 is 15.1 Å². The van der Waals surface area contributed by atoms with Gasteiger partial charge in [-0.15, -0.1) is 5.10 Å². The summed E-state index contributed by atoms with van der Waals surface area (Å²) in [5.74, 6) is -0.279. The highest BCUT2D eigenvalue weighted by molar-refractivity contribution is 5.91. The summed E-state index contributed by atoms with van der Waals surface area (Å²) in [5.41, 5.74) is 1.23. The van der Waals surface area contributed by atoms with E-state index < -0.39 is 0 Å². The Hall–Kier alpha value is -2.97. The fourth-order valence-electron chi connectivity index (χ4n) is 2.39. The number of carbonyl (C=O) groups is 2. The molecule has 2 aromatic rings. The third-order valence-electron chi connectivity index (χ3n) is 3.83. The summed E-state index contributed by atoms with van der Waals surface area (Å²) in [6.07, 6.45) is 4.97. The monoisotopic (exact) mass is 329 g/mol. The summed E-state index contributed by atoms with van der Waals surface area (Å²) in [6.45, 7) is 1.54. The predicted octanol–water partition coefficient (Wildman–Crippen LogP) is 0.141. The number of carbonyl (C=O) groups excluding carboxylic acids is 2. The van der Waals surface area contributed by atoms with E-state index in [9.17, 15) is 9.59 Å². The third-order valence-corrected chi connectivity index (χ3v) is 3.83. The zero-order valence-corrected chi connectivity index (χ0v) is 13.6. The van der Waals surface area contributed by atoms with Crippen molar-refractivity contribution in [3.8, 4) is 0 Å². The lowest BCUT2D eigenvalue weighted by molar-refractivity contribution is 0.0942. The van der Waals surface area contributed by atoms with Gasteiger partial charge in [-0.05, 0) is 17.7 Å². The molecule has 1 saturated heterocycles. The van der Waals surface area contributed by atoms with E-state index in [1.165, 1.54) is 4.90 Å². The number of aromatic nitrogens is 4. The number of rotatable bonds is 4. The van der Waals surface area contributed by atoms with Crippen molar-refractivity contribution in [3.05, 3.63) is 42.0 Å². The highest BCUT2D eigenvalue weighted by Crippen LogP contribution is 2.21. The SMILES string of the molecule is CN(C)C(=O)N1CC(n2cc(C(=O)NCc3ccncc3)nn2)C1. The fraction of sp³-hybridized carbons (Fsp3) is 0.400. The van der Waals surface area contributed by atoms with Gasteiger partial charge in [0.15, 0.2) is 5.69 Å². The molecular formula is C15H19N7O2. The Balaban J connectivity index is 1.52. The maximum absolute atomic E-state index is 12.1. The van der Waals surface area contributed by atoms with Gasteiger partial charge in [0.25, 0.3) is 5.91 Å². The summed E-state index contributed by atoms with van der Waals surface area (Å²) in [4.78, 5) is 31.1. The molecule has 1 N–H and O–H groups in total. The van der Waals surface area contributed by atoms with Crippen molar-refractivity contribution in [3.63, 3.8) is 0 Å². The van der Waals surface area contributed by atoms with Gasteiger partial charge in [0, 0.05) is 46.1 Å². The molecule has 9 heteroatoms. The van der Waals surface area contributed by atoms with Gasteiger partial charge in [0.05, 0.1) is 12.2 Å². The Bertz CT molecular complexity index is 722. The van der Waals surface area contributed by atoms with Crippen molar-refractivity contribution in [1.82, 2.24) is 35.1 Å². The van der Waals surface area contributed by atoms with E-state index in [-0.39, 0.29) is 23.7 Å². The molecule has 1 fully saturated rings. The molecule has 9 nitrogen and oxygen atoms in total. The molecule has 0 saturated carbocycles. The van der Waals surface area contributed by atoms with E-state index in [4.69, 9.17) is 0 Å². The second kappa shape index (κ2) is 6.65. The molecule has 0 aliphatic carbocycles. The van der Waals surface area contributed by atoms with E-state index in [0.717, 1.165) is 5.56 Å². The Labute approximate surface area is 139 Å².